The Hall–Kier alpha value is -1.46. The highest BCUT2D eigenvalue weighted by atomic mass is 127. The van der Waals surface area contributed by atoms with Crippen LogP contribution >= 0.6 is 35.5 Å². The highest BCUT2D eigenvalue weighted by molar-refractivity contribution is 14.0. The van der Waals surface area contributed by atoms with Gasteiger partial charge in [-0.05, 0) is 12.5 Å². The summed E-state index contributed by atoms with van der Waals surface area (Å²) in [7, 11) is 0. The maximum absolute atomic E-state index is 5.75. The Morgan fingerprint density at radius 2 is 1.93 bits per heavy atom. The number of benzene rings is 1. The summed E-state index contributed by atoms with van der Waals surface area (Å²) in [4.78, 5) is 14.0. The van der Waals surface area contributed by atoms with Crippen LogP contribution in [0, 0.1) is 0 Å². The maximum Gasteiger partial charge on any atom is 0.205 e. The topological polar surface area (TPSA) is 65.9 Å². The Balaban J connectivity index is 0.00000300. The summed E-state index contributed by atoms with van der Waals surface area (Å²) in [5.74, 6) is 1.91. The van der Waals surface area contributed by atoms with Crippen LogP contribution in [0.1, 0.15) is 25.2 Å². The largest absolute Gasteiger partial charge is 0.375 e. The number of aliphatic imine (C=N–C) groups is 1. The minimum atomic E-state index is 0. The molecular weight excluding hydrogens is 499 g/mol. The van der Waals surface area contributed by atoms with Gasteiger partial charge in [-0.15, -0.1) is 24.0 Å². The summed E-state index contributed by atoms with van der Waals surface area (Å²) < 4.78 is 10.1. The molecule has 0 unspecified atom stereocenters. The Bertz CT molecular complexity index is 734. The fourth-order valence-electron chi connectivity index (χ4n) is 3.03. The van der Waals surface area contributed by atoms with E-state index in [0.29, 0.717) is 19.8 Å². The van der Waals surface area contributed by atoms with E-state index in [2.05, 4.69) is 50.5 Å². The molecule has 29 heavy (non-hydrogen) atoms. The zero-order valence-corrected chi connectivity index (χ0v) is 20.4. The standard InChI is InChI=1S/C20H30N6OS.HI/c1-3-18-23-20(28-24-18)26-13-11-25(12-14-26)19(21-4-2)22-10-15-27-16-17-8-6-5-7-9-17;/h5-9H,3-4,10-16H2,1-2H3,(H,21,22);1H. The molecule has 1 saturated heterocycles. The van der Waals surface area contributed by atoms with E-state index in [1.54, 1.807) is 0 Å². The first-order valence-electron chi connectivity index (χ1n) is 10.0. The van der Waals surface area contributed by atoms with Gasteiger partial charge in [0.25, 0.3) is 0 Å². The molecule has 1 N–H and O–H groups in total. The molecule has 2 heterocycles. The Morgan fingerprint density at radius 1 is 1.17 bits per heavy atom. The molecule has 160 valence electrons. The van der Waals surface area contributed by atoms with Crippen molar-refractivity contribution in [3.8, 4) is 0 Å². The number of nitrogens with zero attached hydrogens (tertiary/aromatic N) is 5. The molecule has 9 heteroatoms. The summed E-state index contributed by atoms with van der Waals surface area (Å²) in [6.07, 6.45) is 0.889. The van der Waals surface area contributed by atoms with Crippen LogP contribution < -0.4 is 10.2 Å². The summed E-state index contributed by atoms with van der Waals surface area (Å²) in [5, 5.41) is 4.44. The molecule has 0 aliphatic carbocycles. The second-order valence-electron chi connectivity index (χ2n) is 6.59. The lowest BCUT2D eigenvalue weighted by Crippen LogP contribution is -2.52. The van der Waals surface area contributed by atoms with Gasteiger partial charge in [0.1, 0.15) is 5.82 Å². The van der Waals surface area contributed by atoms with E-state index in [1.807, 2.05) is 18.2 Å². The number of nitrogens with one attached hydrogen (secondary N) is 1. The van der Waals surface area contributed by atoms with Crippen molar-refractivity contribution in [1.29, 1.82) is 0 Å². The molecule has 0 amide bonds. The monoisotopic (exact) mass is 530 g/mol. The van der Waals surface area contributed by atoms with Gasteiger partial charge >= 0.3 is 0 Å². The van der Waals surface area contributed by atoms with Gasteiger partial charge in [-0.25, -0.2) is 4.98 Å². The predicted octanol–water partition coefficient (Wildman–Crippen LogP) is 3.02. The minimum absolute atomic E-state index is 0. The van der Waals surface area contributed by atoms with E-state index in [-0.39, 0.29) is 24.0 Å². The average molecular weight is 530 g/mol. The SMILES string of the molecule is CCNC(=NCCOCc1ccccc1)N1CCN(c2nc(CC)ns2)CC1.I. The van der Waals surface area contributed by atoms with Crippen LogP contribution in [0.4, 0.5) is 5.13 Å². The van der Waals surface area contributed by atoms with E-state index in [0.717, 1.165) is 56.1 Å². The molecule has 1 aliphatic heterocycles. The molecule has 0 atom stereocenters. The van der Waals surface area contributed by atoms with E-state index in [9.17, 15) is 0 Å². The highest BCUT2D eigenvalue weighted by Gasteiger charge is 2.21. The third-order valence-electron chi connectivity index (χ3n) is 4.57. The number of ether oxygens (including phenoxy) is 1. The van der Waals surface area contributed by atoms with Crippen molar-refractivity contribution < 1.29 is 4.74 Å². The molecule has 0 saturated carbocycles. The minimum Gasteiger partial charge on any atom is -0.375 e. The molecule has 1 fully saturated rings. The summed E-state index contributed by atoms with van der Waals surface area (Å²) in [5.41, 5.74) is 1.19. The smallest absolute Gasteiger partial charge is 0.205 e. The molecule has 0 bridgehead atoms. The third-order valence-corrected chi connectivity index (χ3v) is 5.38. The van der Waals surface area contributed by atoms with Gasteiger partial charge in [-0.3, -0.25) is 4.99 Å². The summed E-state index contributed by atoms with van der Waals surface area (Å²) in [6.45, 7) is 10.7. The molecular formula is C20H31IN6OS. The Labute approximate surface area is 194 Å². The molecule has 2 aromatic rings. The first-order valence-corrected chi connectivity index (χ1v) is 10.8. The van der Waals surface area contributed by atoms with Crippen molar-refractivity contribution >= 4 is 46.6 Å². The summed E-state index contributed by atoms with van der Waals surface area (Å²) >= 11 is 1.50. The van der Waals surface area contributed by atoms with E-state index < -0.39 is 0 Å². The number of aromatic nitrogens is 2. The van der Waals surface area contributed by atoms with Crippen LogP contribution in [0.3, 0.4) is 0 Å². The molecule has 0 radical (unpaired) electrons. The second-order valence-corrected chi connectivity index (χ2v) is 7.32. The Kier molecular flexibility index (Phi) is 10.6. The molecule has 1 aliphatic rings. The van der Waals surface area contributed by atoms with Gasteiger partial charge in [0.15, 0.2) is 5.96 Å². The van der Waals surface area contributed by atoms with Crippen LogP contribution in [0.25, 0.3) is 0 Å². The van der Waals surface area contributed by atoms with Gasteiger partial charge < -0.3 is 19.9 Å². The average Bonchev–Trinajstić information content (AvgIpc) is 3.23. The van der Waals surface area contributed by atoms with Crippen molar-refractivity contribution in [3.63, 3.8) is 0 Å². The van der Waals surface area contributed by atoms with Crippen LogP contribution in [0.15, 0.2) is 35.3 Å². The molecule has 3 rings (SSSR count). The van der Waals surface area contributed by atoms with E-state index >= 15 is 0 Å². The van der Waals surface area contributed by atoms with Crippen LogP contribution in [-0.2, 0) is 17.8 Å². The lowest BCUT2D eigenvalue weighted by molar-refractivity contribution is 0.128. The zero-order valence-electron chi connectivity index (χ0n) is 17.2. The van der Waals surface area contributed by atoms with Gasteiger partial charge in [0.05, 0.1) is 19.8 Å². The fourth-order valence-corrected chi connectivity index (χ4v) is 3.83. The molecule has 1 aromatic carbocycles. The number of hydrogen-bond donors (Lipinski definition) is 1. The van der Waals surface area contributed by atoms with Crippen molar-refractivity contribution in [2.45, 2.75) is 26.9 Å². The number of piperazine rings is 1. The quantitative estimate of drug-likeness (QED) is 0.245. The number of aryl methyl sites for hydroxylation is 1. The fraction of sp³-hybridized carbons (Fsp3) is 0.550. The van der Waals surface area contributed by atoms with Crippen LogP contribution in [0.2, 0.25) is 0 Å². The number of rotatable bonds is 8. The molecule has 0 spiro atoms. The van der Waals surface area contributed by atoms with Gasteiger partial charge in [-0.2, -0.15) is 4.37 Å². The highest BCUT2D eigenvalue weighted by Crippen LogP contribution is 2.19. The van der Waals surface area contributed by atoms with Gasteiger partial charge in [-0.1, -0.05) is 37.3 Å². The van der Waals surface area contributed by atoms with Crippen molar-refractivity contribution in [3.05, 3.63) is 41.7 Å². The number of hydrogen-bond acceptors (Lipinski definition) is 6. The third kappa shape index (κ3) is 7.38. The first kappa shape index (κ1) is 23.8. The lowest BCUT2D eigenvalue weighted by atomic mass is 10.2. The Morgan fingerprint density at radius 3 is 2.59 bits per heavy atom. The molecule has 1 aromatic heterocycles. The molecule has 7 nitrogen and oxygen atoms in total. The van der Waals surface area contributed by atoms with E-state index in [4.69, 9.17) is 9.73 Å². The zero-order chi connectivity index (χ0) is 19.6. The predicted molar refractivity (Wildman–Crippen MR) is 131 cm³/mol. The maximum atomic E-state index is 5.75. The summed E-state index contributed by atoms with van der Waals surface area (Å²) in [6, 6.07) is 10.2. The number of anilines is 1. The van der Waals surface area contributed by atoms with Crippen LogP contribution in [0.5, 0.6) is 0 Å². The normalized spacial score (nSPS) is 14.6. The van der Waals surface area contributed by atoms with Gasteiger partial charge in [0, 0.05) is 50.7 Å². The van der Waals surface area contributed by atoms with Crippen molar-refractivity contribution in [1.82, 2.24) is 19.6 Å². The van der Waals surface area contributed by atoms with Gasteiger partial charge in [0.2, 0.25) is 5.13 Å². The van der Waals surface area contributed by atoms with Crippen molar-refractivity contribution in [2.24, 2.45) is 4.99 Å². The number of halogens is 1. The number of guanidine groups is 1. The van der Waals surface area contributed by atoms with Crippen LogP contribution in [-0.4, -0.2) is 66.1 Å². The first-order chi connectivity index (χ1) is 13.8. The second kappa shape index (κ2) is 13.0. The van der Waals surface area contributed by atoms with Crippen molar-refractivity contribution in [2.75, 3.05) is 50.8 Å². The lowest BCUT2D eigenvalue weighted by Gasteiger charge is -2.36. The van der Waals surface area contributed by atoms with E-state index in [1.165, 1.54) is 17.1 Å².